The van der Waals surface area contributed by atoms with Gasteiger partial charge in [-0.15, -0.1) is 0 Å². The maximum Gasteiger partial charge on any atom is 0.404 e. The summed E-state index contributed by atoms with van der Waals surface area (Å²) in [4.78, 5) is 17.8. The molecule has 0 bridgehead atoms. The Morgan fingerprint density at radius 3 is 2.52 bits per heavy atom. The second kappa shape index (κ2) is 9.16. The Kier molecular flexibility index (Phi) is 6.17. The molecule has 0 unspecified atom stereocenters. The fourth-order valence-electron chi connectivity index (χ4n) is 3.81. The Morgan fingerprint density at radius 2 is 1.83 bits per heavy atom. The van der Waals surface area contributed by atoms with Crippen molar-refractivity contribution in [2.75, 3.05) is 31.1 Å². The summed E-state index contributed by atoms with van der Waals surface area (Å²) in [5.41, 5.74) is 2.07. The molecule has 6 heteroatoms. The predicted octanol–water partition coefficient (Wildman–Crippen LogP) is 4.41. The quantitative estimate of drug-likeness (QED) is 0.692. The van der Waals surface area contributed by atoms with Gasteiger partial charge in [-0.2, -0.15) is 0 Å². The number of pyridine rings is 1. The Labute approximate surface area is 171 Å². The number of aromatic nitrogens is 1. The lowest BCUT2D eigenvalue weighted by Crippen LogP contribution is -2.35. The van der Waals surface area contributed by atoms with Crippen LogP contribution in [0.1, 0.15) is 32.1 Å². The average molecular weight is 396 g/mol. The standard InChI is InChI=1S/C23H29N3O3/c27-23(28)24-13-10-17-11-14-26(15-12-17)22-3-1-2-21(25-22)19-6-8-20(9-7-19)29-16-18-4-5-18/h1-3,6-9,17-18,24H,4-5,10-16H2,(H,27,28). The number of hydrogen-bond acceptors (Lipinski definition) is 4. The first-order chi connectivity index (χ1) is 14.2. The molecule has 0 spiro atoms. The van der Waals surface area contributed by atoms with Gasteiger partial charge in [0, 0.05) is 25.2 Å². The molecule has 1 aliphatic heterocycles. The lowest BCUT2D eigenvalue weighted by Gasteiger charge is -2.33. The number of anilines is 1. The van der Waals surface area contributed by atoms with Gasteiger partial charge >= 0.3 is 6.09 Å². The number of piperidine rings is 1. The number of hydrogen-bond donors (Lipinski definition) is 2. The molecular formula is C23H29N3O3. The molecule has 1 aliphatic carbocycles. The predicted molar refractivity (Wildman–Crippen MR) is 113 cm³/mol. The summed E-state index contributed by atoms with van der Waals surface area (Å²) >= 11 is 0. The zero-order chi connectivity index (χ0) is 20.1. The number of benzene rings is 1. The largest absolute Gasteiger partial charge is 0.493 e. The van der Waals surface area contributed by atoms with Crippen molar-refractivity contribution in [1.29, 1.82) is 0 Å². The van der Waals surface area contributed by atoms with Gasteiger partial charge in [0.05, 0.1) is 12.3 Å². The van der Waals surface area contributed by atoms with Crippen LogP contribution in [-0.4, -0.2) is 42.4 Å². The molecule has 1 saturated heterocycles. The second-order valence-electron chi connectivity index (χ2n) is 8.11. The maximum atomic E-state index is 10.6. The number of ether oxygens (including phenoxy) is 1. The number of carboxylic acid groups (broad SMARTS) is 1. The lowest BCUT2D eigenvalue weighted by molar-refractivity contribution is 0.193. The minimum Gasteiger partial charge on any atom is -0.493 e. The van der Waals surface area contributed by atoms with E-state index in [0.717, 1.165) is 67.7 Å². The Balaban J connectivity index is 1.32. The van der Waals surface area contributed by atoms with Gasteiger partial charge in [-0.1, -0.05) is 6.07 Å². The SMILES string of the molecule is O=C(O)NCCC1CCN(c2cccc(-c3ccc(OCC4CC4)cc3)n2)CC1. The van der Waals surface area contributed by atoms with Crippen LogP contribution in [0.15, 0.2) is 42.5 Å². The molecule has 6 nitrogen and oxygen atoms in total. The van der Waals surface area contributed by atoms with E-state index in [9.17, 15) is 4.79 Å². The number of nitrogens with one attached hydrogen (secondary N) is 1. The van der Waals surface area contributed by atoms with Crippen LogP contribution in [0.5, 0.6) is 5.75 Å². The molecule has 0 radical (unpaired) electrons. The molecule has 2 N–H and O–H groups in total. The number of nitrogens with zero attached hydrogens (tertiary/aromatic N) is 2. The van der Waals surface area contributed by atoms with E-state index in [4.69, 9.17) is 14.8 Å². The summed E-state index contributed by atoms with van der Waals surface area (Å²) in [6, 6.07) is 14.4. The van der Waals surface area contributed by atoms with E-state index in [1.807, 2.05) is 18.2 Å². The second-order valence-corrected chi connectivity index (χ2v) is 8.11. The van der Waals surface area contributed by atoms with E-state index in [1.54, 1.807) is 0 Å². The molecule has 1 saturated carbocycles. The van der Waals surface area contributed by atoms with Gasteiger partial charge in [-0.05, 0) is 80.3 Å². The van der Waals surface area contributed by atoms with Crippen LogP contribution < -0.4 is 15.0 Å². The minimum absolute atomic E-state index is 0.536. The molecule has 1 aromatic carbocycles. The molecule has 1 aromatic heterocycles. The zero-order valence-electron chi connectivity index (χ0n) is 16.7. The van der Waals surface area contributed by atoms with Gasteiger partial charge < -0.3 is 20.1 Å². The molecule has 0 atom stereocenters. The fourth-order valence-corrected chi connectivity index (χ4v) is 3.81. The summed E-state index contributed by atoms with van der Waals surface area (Å²) in [6.45, 7) is 3.29. The van der Waals surface area contributed by atoms with Gasteiger partial charge in [0.25, 0.3) is 0 Å². The van der Waals surface area contributed by atoms with Gasteiger partial charge in [0.15, 0.2) is 0 Å². The Morgan fingerprint density at radius 1 is 1.07 bits per heavy atom. The van der Waals surface area contributed by atoms with Crippen LogP contribution >= 0.6 is 0 Å². The Bertz CT molecular complexity index is 812. The minimum atomic E-state index is -0.939. The van der Waals surface area contributed by atoms with Crippen LogP contribution in [-0.2, 0) is 0 Å². The van der Waals surface area contributed by atoms with Gasteiger partial charge in [-0.25, -0.2) is 9.78 Å². The van der Waals surface area contributed by atoms with E-state index in [2.05, 4.69) is 34.5 Å². The number of rotatable bonds is 8. The van der Waals surface area contributed by atoms with Crippen molar-refractivity contribution in [2.45, 2.75) is 32.1 Å². The first kappa shape index (κ1) is 19.6. The van der Waals surface area contributed by atoms with Crippen LogP contribution in [0.3, 0.4) is 0 Å². The third-order valence-corrected chi connectivity index (χ3v) is 5.83. The summed E-state index contributed by atoms with van der Waals surface area (Å²) in [7, 11) is 0. The van der Waals surface area contributed by atoms with E-state index in [1.165, 1.54) is 12.8 Å². The molecule has 2 aliphatic rings. The highest BCUT2D eigenvalue weighted by molar-refractivity contribution is 5.64. The smallest absolute Gasteiger partial charge is 0.404 e. The topological polar surface area (TPSA) is 74.7 Å². The molecule has 2 aromatic rings. The van der Waals surface area contributed by atoms with Crippen LogP contribution in [0, 0.1) is 11.8 Å². The summed E-state index contributed by atoms with van der Waals surface area (Å²) in [5, 5.41) is 11.1. The molecule has 29 heavy (non-hydrogen) atoms. The fraction of sp³-hybridized carbons (Fsp3) is 0.478. The molecule has 4 rings (SSSR count). The number of carbonyl (C=O) groups is 1. The lowest BCUT2D eigenvalue weighted by atomic mass is 9.93. The summed E-state index contributed by atoms with van der Waals surface area (Å²) < 4.78 is 5.83. The molecule has 2 fully saturated rings. The van der Waals surface area contributed by atoms with Crippen LogP contribution in [0.4, 0.5) is 10.6 Å². The van der Waals surface area contributed by atoms with Crippen molar-refractivity contribution in [3.8, 4) is 17.0 Å². The highest BCUT2D eigenvalue weighted by Crippen LogP contribution is 2.30. The monoisotopic (exact) mass is 395 g/mol. The first-order valence-corrected chi connectivity index (χ1v) is 10.6. The molecule has 2 heterocycles. The van der Waals surface area contributed by atoms with Gasteiger partial charge in [0.2, 0.25) is 0 Å². The van der Waals surface area contributed by atoms with Crippen molar-refractivity contribution >= 4 is 11.9 Å². The highest BCUT2D eigenvalue weighted by atomic mass is 16.5. The zero-order valence-corrected chi connectivity index (χ0v) is 16.7. The van der Waals surface area contributed by atoms with E-state index in [0.29, 0.717) is 12.5 Å². The van der Waals surface area contributed by atoms with Crippen molar-refractivity contribution < 1.29 is 14.6 Å². The molecular weight excluding hydrogens is 366 g/mol. The van der Waals surface area contributed by atoms with Gasteiger partial charge in [0.1, 0.15) is 11.6 Å². The van der Waals surface area contributed by atoms with Crippen LogP contribution in [0.2, 0.25) is 0 Å². The third-order valence-electron chi connectivity index (χ3n) is 5.83. The normalized spacial score (nSPS) is 17.2. The van der Waals surface area contributed by atoms with Crippen molar-refractivity contribution in [1.82, 2.24) is 10.3 Å². The van der Waals surface area contributed by atoms with E-state index in [-0.39, 0.29) is 0 Å². The third kappa shape index (κ3) is 5.62. The van der Waals surface area contributed by atoms with Crippen molar-refractivity contribution in [2.24, 2.45) is 11.8 Å². The summed E-state index contributed by atoms with van der Waals surface area (Å²) in [6.07, 6.45) is 4.70. The summed E-state index contributed by atoms with van der Waals surface area (Å²) in [5.74, 6) is 3.27. The number of amides is 1. The molecule has 154 valence electrons. The van der Waals surface area contributed by atoms with Crippen molar-refractivity contribution in [3.05, 3.63) is 42.5 Å². The Hall–Kier alpha value is -2.76. The first-order valence-electron chi connectivity index (χ1n) is 10.6. The van der Waals surface area contributed by atoms with Crippen molar-refractivity contribution in [3.63, 3.8) is 0 Å². The highest BCUT2D eigenvalue weighted by Gasteiger charge is 2.22. The average Bonchev–Trinajstić information content (AvgIpc) is 3.58. The molecule has 1 amide bonds. The van der Waals surface area contributed by atoms with Gasteiger partial charge in [-0.3, -0.25) is 0 Å². The van der Waals surface area contributed by atoms with E-state index < -0.39 is 6.09 Å². The maximum absolute atomic E-state index is 10.6. The van der Waals surface area contributed by atoms with E-state index >= 15 is 0 Å². The van der Waals surface area contributed by atoms with Crippen LogP contribution in [0.25, 0.3) is 11.3 Å².